The zero-order chi connectivity index (χ0) is 11.4. The number of aliphatic hydroxyl groups excluding tert-OH is 2. The van der Waals surface area contributed by atoms with E-state index < -0.39 is 6.10 Å². The first-order chi connectivity index (χ1) is 7.77. The molecule has 0 unspecified atom stereocenters. The van der Waals surface area contributed by atoms with Crippen molar-refractivity contribution in [2.75, 3.05) is 0 Å². The zero-order valence-electron chi connectivity index (χ0n) is 8.58. The third-order valence-electron chi connectivity index (χ3n) is 2.22. The summed E-state index contributed by atoms with van der Waals surface area (Å²) in [5.41, 5.74) is 0.707. The number of hydrogen-bond donors (Lipinski definition) is 2. The van der Waals surface area contributed by atoms with Crippen LogP contribution < -0.4 is 0 Å². The van der Waals surface area contributed by atoms with E-state index in [4.69, 9.17) is 0 Å². The molecule has 0 amide bonds. The van der Waals surface area contributed by atoms with E-state index in [0.29, 0.717) is 5.56 Å². The minimum Gasteiger partial charge on any atom is -0.508 e. The maximum atomic E-state index is 9.82. The molecule has 2 rings (SSSR count). The van der Waals surface area contributed by atoms with Crippen LogP contribution in [-0.4, -0.2) is 10.2 Å². The molecule has 0 aliphatic rings. The second-order valence-electron chi connectivity index (χ2n) is 3.38. The van der Waals surface area contributed by atoms with Gasteiger partial charge < -0.3 is 10.2 Å². The van der Waals surface area contributed by atoms with Crippen molar-refractivity contribution in [2.24, 2.45) is 0 Å². The lowest BCUT2D eigenvalue weighted by atomic mass is 10.1. The molecule has 0 radical (unpaired) electrons. The standard InChI is InChI=1S/C13H12O2S/c14-11(10-5-2-1-3-6-10)9-12(15)13-7-4-8-16-13/h1-9,12,14-15H/b11-9-/t12-/m0/s1. The third-order valence-corrected chi connectivity index (χ3v) is 3.16. The number of aliphatic hydroxyl groups is 2. The average Bonchev–Trinajstić information content (AvgIpc) is 2.83. The van der Waals surface area contributed by atoms with Gasteiger partial charge in [-0.3, -0.25) is 0 Å². The van der Waals surface area contributed by atoms with Crippen molar-refractivity contribution in [3.63, 3.8) is 0 Å². The third kappa shape index (κ3) is 2.51. The van der Waals surface area contributed by atoms with Gasteiger partial charge in [-0.2, -0.15) is 0 Å². The van der Waals surface area contributed by atoms with Gasteiger partial charge in [0, 0.05) is 10.4 Å². The van der Waals surface area contributed by atoms with E-state index in [0.717, 1.165) is 4.88 Å². The fourth-order valence-electron chi connectivity index (χ4n) is 1.40. The lowest BCUT2D eigenvalue weighted by molar-refractivity contribution is 0.230. The first-order valence-corrected chi connectivity index (χ1v) is 5.83. The predicted molar refractivity (Wildman–Crippen MR) is 66.3 cm³/mol. The highest BCUT2D eigenvalue weighted by Crippen LogP contribution is 2.23. The van der Waals surface area contributed by atoms with Crippen LogP contribution >= 0.6 is 11.3 Å². The summed E-state index contributed by atoms with van der Waals surface area (Å²) in [4.78, 5) is 0.822. The molecule has 2 N–H and O–H groups in total. The van der Waals surface area contributed by atoms with Crippen molar-refractivity contribution in [1.82, 2.24) is 0 Å². The quantitative estimate of drug-likeness (QED) is 0.796. The number of benzene rings is 1. The van der Waals surface area contributed by atoms with E-state index >= 15 is 0 Å². The molecule has 0 saturated heterocycles. The van der Waals surface area contributed by atoms with Crippen molar-refractivity contribution in [2.45, 2.75) is 6.10 Å². The van der Waals surface area contributed by atoms with Crippen LogP contribution in [0.5, 0.6) is 0 Å². The van der Waals surface area contributed by atoms with E-state index in [2.05, 4.69) is 0 Å². The highest BCUT2D eigenvalue weighted by Gasteiger charge is 2.07. The Bertz CT molecular complexity index is 460. The summed E-state index contributed by atoms with van der Waals surface area (Å²) in [5, 5.41) is 21.5. The van der Waals surface area contributed by atoms with Crippen LogP contribution in [0.1, 0.15) is 16.5 Å². The molecular weight excluding hydrogens is 220 g/mol. The summed E-state index contributed by atoms with van der Waals surface area (Å²) >= 11 is 1.46. The summed E-state index contributed by atoms with van der Waals surface area (Å²) in [5.74, 6) is 0.0986. The van der Waals surface area contributed by atoms with Crippen molar-refractivity contribution >= 4 is 17.1 Å². The largest absolute Gasteiger partial charge is 0.508 e. The number of rotatable bonds is 3. The van der Waals surface area contributed by atoms with E-state index in [1.54, 1.807) is 12.1 Å². The van der Waals surface area contributed by atoms with Crippen molar-refractivity contribution in [3.05, 3.63) is 64.4 Å². The van der Waals surface area contributed by atoms with Crippen LogP contribution in [0.4, 0.5) is 0 Å². The monoisotopic (exact) mass is 232 g/mol. The average molecular weight is 232 g/mol. The van der Waals surface area contributed by atoms with Gasteiger partial charge in [-0.1, -0.05) is 36.4 Å². The fourth-order valence-corrected chi connectivity index (χ4v) is 2.08. The van der Waals surface area contributed by atoms with Crippen LogP contribution in [-0.2, 0) is 0 Å². The molecule has 0 aliphatic carbocycles. The molecule has 1 aromatic heterocycles. The van der Waals surface area contributed by atoms with Gasteiger partial charge in [0.25, 0.3) is 0 Å². The predicted octanol–water partition coefficient (Wildman–Crippen LogP) is 3.38. The Hall–Kier alpha value is -1.58. The Balaban J connectivity index is 2.19. The van der Waals surface area contributed by atoms with Gasteiger partial charge in [-0.15, -0.1) is 11.3 Å². The molecular formula is C13H12O2S. The first-order valence-electron chi connectivity index (χ1n) is 4.95. The molecule has 0 aliphatic heterocycles. The minimum atomic E-state index is -0.750. The molecule has 0 bridgehead atoms. The Morgan fingerprint density at radius 1 is 1.12 bits per heavy atom. The zero-order valence-corrected chi connectivity index (χ0v) is 9.39. The fraction of sp³-hybridized carbons (Fsp3) is 0.0769. The van der Waals surface area contributed by atoms with Crippen molar-refractivity contribution in [3.8, 4) is 0 Å². The Labute approximate surface area is 98.1 Å². The summed E-state index contributed by atoms with van der Waals surface area (Å²) < 4.78 is 0. The summed E-state index contributed by atoms with van der Waals surface area (Å²) in [6.07, 6.45) is 0.696. The molecule has 0 fully saturated rings. The first kappa shape index (κ1) is 10.9. The number of hydrogen-bond acceptors (Lipinski definition) is 3. The molecule has 2 aromatic rings. The highest BCUT2D eigenvalue weighted by molar-refractivity contribution is 7.10. The molecule has 82 valence electrons. The molecule has 1 heterocycles. The maximum absolute atomic E-state index is 9.82. The Kier molecular flexibility index (Phi) is 3.39. The van der Waals surface area contributed by atoms with Crippen LogP contribution in [0.2, 0.25) is 0 Å². The van der Waals surface area contributed by atoms with Gasteiger partial charge in [0.1, 0.15) is 11.9 Å². The van der Waals surface area contributed by atoms with Gasteiger partial charge in [0.15, 0.2) is 0 Å². The normalized spacial score (nSPS) is 13.7. The molecule has 16 heavy (non-hydrogen) atoms. The molecule has 2 nitrogen and oxygen atoms in total. The van der Waals surface area contributed by atoms with Gasteiger partial charge in [-0.05, 0) is 17.5 Å². The van der Waals surface area contributed by atoms with Gasteiger partial charge in [-0.25, -0.2) is 0 Å². The highest BCUT2D eigenvalue weighted by atomic mass is 32.1. The lowest BCUT2D eigenvalue weighted by Crippen LogP contribution is -1.92. The molecule has 0 spiro atoms. The van der Waals surface area contributed by atoms with E-state index in [-0.39, 0.29) is 5.76 Å². The van der Waals surface area contributed by atoms with Crippen molar-refractivity contribution in [1.29, 1.82) is 0 Å². The molecule has 1 aromatic carbocycles. The van der Waals surface area contributed by atoms with Crippen molar-refractivity contribution < 1.29 is 10.2 Å². The van der Waals surface area contributed by atoms with Gasteiger partial charge >= 0.3 is 0 Å². The van der Waals surface area contributed by atoms with Crippen LogP contribution in [0.15, 0.2) is 53.9 Å². The van der Waals surface area contributed by atoms with Crippen LogP contribution in [0.3, 0.4) is 0 Å². The van der Waals surface area contributed by atoms with Gasteiger partial charge in [0.2, 0.25) is 0 Å². The lowest BCUT2D eigenvalue weighted by Gasteiger charge is -2.04. The second-order valence-corrected chi connectivity index (χ2v) is 4.36. The maximum Gasteiger partial charge on any atom is 0.121 e. The van der Waals surface area contributed by atoms with E-state index in [1.807, 2.05) is 35.7 Å². The SMILES string of the molecule is O/C(=C\[C@H](O)c1cccs1)c1ccccc1. The molecule has 0 saturated carbocycles. The summed E-state index contributed by atoms with van der Waals surface area (Å²) in [7, 11) is 0. The number of thiophene rings is 1. The summed E-state index contributed by atoms with van der Waals surface area (Å²) in [6, 6.07) is 12.9. The second kappa shape index (κ2) is 4.96. The smallest absolute Gasteiger partial charge is 0.121 e. The van der Waals surface area contributed by atoms with Gasteiger partial charge in [0.05, 0.1) is 0 Å². The van der Waals surface area contributed by atoms with E-state index in [9.17, 15) is 10.2 Å². The molecule has 1 atom stereocenters. The Morgan fingerprint density at radius 2 is 1.88 bits per heavy atom. The summed E-state index contributed by atoms with van der Waals surface area (Å²) in [6.45, 7) is 0. The Morgan fingerprint density at radius 3 is 2.50 bits per heavy atom. The van der Waals surface area contributed by atoms with E-state index in [1.165, 1.54) is 17.4 Å². The van der Waals surface area contributed by atoms with Crippen LogP contribution in [0, 0.1) is 0 Å². The topological polar surface area (TPSA) is 40.5 Å². The van der Waals surface area contributed by atoms with Crippen LogP contribution in [0.25, 0.3) is 5.76 Å². The molecule has 3 heteroatoms. The minimum absolute atomic E-state index is 0.0986.